The molecule has 0 radical (unpaired) electrons. The van der Waals surface area contributed by atoms with Crippen LogP contribution in [-0.2, 0) is 26.2 Å². The summed E-state index contributed by atoms with van der Waals surface area (Å²) < 4.78 is 48.8. The van der Waals surface area contributed by atoms with Crippen molar-refractivity contribution in [2.24, 2.45) is 0 Å². The van der Waals surface area contributed by atoms with E-state index in [1.807, 2.05) is 6.92 Å². The van der Waals surface area contributed by atoms with Gasteiger partial charge in [0.25, 0.3) is 10.0 Å². The summed E-state index contributed by atoms with van der Waals surface area (Å²) in [5.74, 6) is -1.46. The lowest BCUT2D eigenvalue weighted by atomic mass is 10.1. The van der Waals surface area contributed by atoms with Gasteiger partial charge >= 0.3 is 0 Å². The second kappa shape index (κ2) is 12.1. The van der Waals surface area contributed by atoms with E-state index >= 15 is 0 Å². The lowest BCUT2D eigenvalue weighted by Crippen LogP contribution is -2.50. The minimum atomic E-state index is -4.25. The Kier molecular flexibility index (Phi) is 9.11. The molecule has 8 nitrogen and oxygen atoms in total. The van der Waals surface area contributed by atoms with Gasteiger partial charge < -0.3 is 15.0 Å². The number of hydrogen-bond acceptors (Lipinski definition) is 5. The number of amides is 2. The molecular formula is C28H32FN3O5S. The number of hydrogen-bond donors (Lipinski definition) is 1. The SMILES string of the molecule is CNC(=O)C(C)N(Cc1ccccc1F)C(=O)CN(c1cc(C)ccc1OC)S(=O)(=O)c1ccc(C)cc1. The Balaban J connectivity index is 2.12. The van der Waals surface area contributed by atoms with Crippen LogP contribution < -0.4 is 14.4 Å². The van der Waals surface area contributed by atoms with Crippen LogP contribution in [0.3, 0.4) is 0 Å². The maximum Gasteiger partial charge on any atom is 0.264 e. The van der Waals surface area contributed by atoms with Gasteiger partial charge in [-0.05, 0) is 56.7 Å². The molecule has 202 valence electrons. The molecule has 0 bridgehead atoms. The van der Waals surface area contributed by atoms with Crippen molar-refractivity contribution in [1.82, 2.24) is 10.2 Å². The van der Waals surface area contributed by atoms with Crippen molar-refractivity contribution in [3.8, 4) is 5.75 Å². The van der Waals surface area contributed by atoms with Gasteiger partial charge in [0.05, 0.1) is 17.7 Å². The highest BCUT2D eigenvalue weighted by Gasteiger charge is 2.34. The van der Waals surface area contributed by atoms with Crippen molar-refractivity contribution >= 4 is 27.5 Å². The molecule has 0 aromatic heterocycles. The van der Waals surface area contributed by atoms with Crippen LogP contribution in [0.1, 0.15) is 23.6 Å². The van der Waals surface area contributed by atoms with Crippen molar-refractivity contribution in [3.63, 3.8) is 0 Å². The first-order valence-corrected chi connectivity index (χ1v) is 13.4. The molecule has 0 saturated heterocycles. The highest BCUT2D eigenvalue weighted by Crippen LogP contribution is 2.34. The fraction of sp³-hybridized carbons (Fsp3) is 0.286. The summed E-state index contributed by atoms with van der Waals surface area (Å²) in [5.41, 5.74) is 1.98. The van der Waals surface area contributed by atoms with Crippen LogP contribution in [0, 0.1) is 19.7 Å². The van der Waals surface area contributed by atoms with Crippen molar-refractivity contribution in [2.45, 2.75) is 38.3 Å². The van der Waals surface area contributed by atoms with Gasteiger partial charge in [-0.3, -0.25) is 13.9 Å². The number of halogens is 1. The van der Waals surface area contributed by atoms with E-state index in [2.05, 4.69) is 5.32 Å². The summed E-state index contributed by atoms with van der Waals surface area (Å²) in [6.07, 6.45) is 0. The molecule has 0 aliphatic carbocycles. The molecule has 0 aliphatic heterocycles. The lowest BCUT2D eigenvalue weighted by Gasteiger charge is -2.32. The van der Waals surface area contributed by atoms with Gasteiger partial charge in [-0.25, -0.2) is 12.8 Å². The first kappa shape index (κ1) is 28.6. The van der Waals surface area contributed by atoms with Crippen LogP contribution >= 0.6 is 0 Å². The monoisotopic (exact) mass is 541 g/mol. The Morgan fingerprint density at radius 2 is 1.63 bits per heavy atom. The van der Waals surface area contributed by atoms with Gasteiger partial charge in [0, 0.05) is 19.2 Å². The molecule has 0 aliphatic rings. The normalized spacial score (nSPS) is 11.9. The molecule has 3 aromatic carbocycles. The number of aryl methyl sites for hydroxylation is 2. The summed E-state index contributed by atoms with van der Waals surface area (Å²) in [6, 6.07) is 16.2. The Morgan fingerprint density at radius 1 is 1.00 bits per heavy atom. The van der Waals surface area contributed by atoms with E-state index < -0.39 is 40.2 Å². The van der Waals surface area contributed by atoms with E-state index in [-0.39, 0.29) is 28.4 Å². The number of benzene rings is 3. The van der Waals surface area contributed by atoms with E-state index in [1.54, 1.807) is 43.3 Å². The van der Waals surface area contributed by atoms with Gasteiger partial charge in [0.1, 0.15) is 24.2 Å². The number of nitrogens with zero attached hydrogens (tertiary/aromatic N) is 2. The molecule has 3 aromatic rings. The van der Waals surface area contributed by atoms with Gasteiger partial charge in [-0.15, -0.1) is 0 Å². The van der Waals surface area contributed by atoms with E-state index in [9.17, 15) is 22.4 Å². The minimum Gasteiger partial charge on any atom is -0.495 e. The molecule has 3 rings (SSSR count). The summed E-state index contributed by atoms with van der Waals surface area (Å²) in [6.45, 7) is 4.25. The molecule has 10 heteroatoms. The van der Waals surface area contributed by atoms with Crippen molar-refractivity contribution < 1.29 is 27.1 Å². The Morgan fingerprint density at radius 3 is 2.24 bits per heavy atom. The van der Waals surface area contributed by atoms with Crippen molar-refractivity contribution in [3.05, 3.63) is 89.2 Å². The predicted octanol–water partition coefficient (Wildman–Crippen LogP) is 3.81. The fourth-order valence-electron chi connectivity index (χ4n) is 3.95. The van der Waals surface area contributed by atoms with Crippen molar-refractivity contribution in [2.75, 3.05) is 25.0 Å². The van der Waals surface area contributed by atoms with Crippen LogP contribution in [0.15, 0.2) is 71.6 Å². The summed E-state index contributed by atoms with van der Waals surface area (Å²) in [4.78, 5) is 27.5. The Hall–Kier alpha value is -3.92. The zero-order valence-corrected chi connectivity index (χ0v) is 22.9. The van der Waals surface area contributed by atoms with E-state index in [4.69, 9.17) is 4.74 Å². The molecule has 0 saturated carbocycles. The van der Waals surface area contributed by atoms with Gasteiger partial charge in [-0.1, -0.05) is 42.0 Å². The largest absolute Gasteiger partial charge is 0.495 e. The first-order valence-electron chi connectivity index (χ1n) is 12.0. The molecule has 1 unspecified atom stereocenters. The number of carbonyl (C=O) groups excluding carboxylic acids is 2. The third-order valence-corrected chi connectivity index (χ3v) is 7.98. The van der Waals surface area contributed by atoms with E-state index in [0.717, 1.165) is 20.3 Å². The number of rotatable bonds is 10. The number of methoxy groups -OCH3 is 1. The third kappa shape index (κ3) is 6.31. The number of likely N-dealkylation sites (N-methyl/N-ethyl adjacent to an activating group) is 1. The van der Waals surface area contributed by atoms with Crippen molar-refractivity contribution in [1.29, 1.82) is 0 Å². The Bertz CT molecular complexity index is 1410. The molecule has 0 heterocycles. The summed E-state index contributed by atoms with van der Waals surface area (Å²) in [5, 5.41) is 2.49. The quantitative estimate of drug-likeness (QED) is 0.421. The van der Waals surface area contributed by atoms with E-state index in [1.165, 1.54) is 51.4 Å². The van der Waals surface area contributed by atoms with Gasteiger partial charge in [-0.2, -0.15) is 0 Å². The van der Waals surface area contributed by atoms with Crippen LogP contribution in [0.5, 0.6) is 5.75 Å². The van der Waals surface area contributed by atoms with Gasteiger partial charge in [0.2, 0.25) is 11.8 Å². The lowest BCUT2D eigenvalue weighted by molar-refractivity contribution is -0.139. The zero-order chi connectivity index (χ0) is 28.0. The molecule has 38 heavy (non-hydrogen) atoms. The minimum absolute atomic E-state index is 0.0144. The molecule has 0 fully saturated rings. The number of carbonyl (C=O) groups is 2. The number of nitrogens with one attached hydrogen (secondary N) is 1. The fourth-order valence-corrected chi connectivity index (χ4v) is 5.36. The topological polar surface area (TPSA) is 96.0 Å². The second-order valence-corrected chi connectivity index (χ2v) is 10.8. The Labute approximate surface area is 223 Å². The average molecular weight is 542 g/mol. The third-order valence-electron chi connectivity index (χ3n) is 6.20. The highest BCUT2D eigenvalue weighted by atomic mass is 32.2. The molecule has 2 amide bonds. The molecule has 0 spiro atoms. The van der Waals surface area contributed by atoms with E-state index in [0.29, 0.717) is 0 Å². The number of anilines is 1. The molecule has 1 atom stereocenters. The second-order valence-electron chi connectivity index (χ2n) is 8.90. The standard InChI is InChI=1S/C28H32FN3O5S/c1-19-10-13-23(14-11-19)38(35,36)32(25-16-20(2)12-15-26(25)37-5)18-27(33)31(21(3)28(34)30-4)17-22-8-6-7-9-24(22)29/h6-16,21H,17-18H2,1-5H3,(H,30,34). The van der Waals surface area contributed by atoms with Gasteiger partial charge in [0.15, 0.2) is 0 Å². The van der Waals surface area contributed by atoms with Crippen LogP contribution in [0.2, 0.25) is 0 Å². The summed E-state index contributed by atoms with van der Waals surface area (Å²) in [7, 11) is -1.42. The molecule has 1 N–H and O–H groups in total. The number of sulfonamides is 1. The first-order chi connectivity index (χ1) is 18.0. The smallest absolute Gasteiger partial charge is 0.264 e. The highest BCUT2D eigenvalue weighted by molar-refractivity contribution is 7.92. The maximum absolute atomic E-state index is 14.5. The van der Waals surface area contributed by atoms with Crippen LogP contribution in [-0.4, -0.2) is 51.9 Å². The van der Waals surface area contributed by atoms with Crippen LogP contribution in [0.25, 0.3) is 0 Å². The molecular weight excluding hydrogens is 509 g/mol. The average Bonchev–Trinajstić information content (AvgIpc) is 2.90. The zero-order valence-electron chi connectivity index (χ0n) is 22.1. The van der Waals surface area contributed by atoms with Crippen LogP contribution in [0.4, 0.5) is 10.1 Å². The summed E-state index contributed by atoms with van der Waals surface area (Å²) >= 11 is 0. The maximum atomic E-state index is 14.5. The predicted molar refractivity (Wildman–Crippen MR) is 144 cm³/mol. The number of ether oxygens (including phenoxy) is 1.